The third-order valence-corrected chi connectivity index (χ3v) is 4.49. The molecule has 0 spiro atoms. The Bertz CT molecular complexity index is 279. The van der Waals surface area contributed by atoms with Crippen molar-refractivity contribution in [3.8, 4) is 0 Å². The molecule has 1 saturated carbocycles. The topological polar surface area (TPSA) is 35.6 Å². The first-order valence-electron chi connectivity index (χ1n) is 7.96. The van der Waals surface area contributed by atoms with Gasteiger partial charge in [-0.3, -0.25) is 9.69 Å². The normalized spacial score (nSPS) is 21.1. The Hall–Kier alpha value is -0.610. The van der Waals surface area contributed by atoms with Gasteiger partial charge in [-0.05, 0) is 51.2 Å². The summed E-state index contributed by atoms with van der Waals surface area (Å²) in [6, 6.07) is 0.637. The number of piperidine rings is 1. The van der Waals surface area contributed by atoms with Gasteiger partial charge in [0, 0.05) is 19.1 Å². The second kappa shape index (κ2) is 7.25. The summed E-state index contributed by atoms with van der Waals surface area (Å²) >= 11 is 0. The van der Waals surface area contributed by atoms with E-state index >= 15 is 0 Å². The van der Waals surface area contributed by atoms with Crippen LogP contribution in [0.15, 0.2) is 0 Å². The average Bonchev–Trinajstić information content (AvgIpc) is 3.27. The fraction of sp³-hybridized carbons (Fsp3) is 0.933. The highest BCUT2D eigenvalue weighted by molar-refractivity contribution is 5.78. The van der Waals surface area contributed by atoms with Crippen LogP contribution in [0.1, 0.15) is 39.5 Å². The molecule has 4 nitrogen and oxygen atoms in total. The zero-order valence-corrected chi connectivity index (χ0v) is 12.5. The molecular formula is C15H29N3O. The lowest BCUT2D eigenvalue weighted by Crippen LogP contribution is -2.48. The monoisotopic (exact) mass is 267 g/mol. The first-order valence-corrected chi connectivity index (χ1v) is 7.96. The second-order valence-electron chi connectivity index (χ2n) is 5.97. The number of nitrogens with one attached hydrogen (secondary N) is 1. The molecular weight excluding hydrogens is 238 g/mol. The van der Waals surface area contributed by atoms with Gasteiger partial charge >= 0.3 is 0 Å². The SMILES string of the molecule is CCN(CC)CC(=O)N1CCC(NCC2CC2)CC1. The van der Waals surface area contributed by atoms with E-state index in [9.17, 15) is 4.79 Å². The number of likely N-dealkylation sites (tertiary alicyclic amines) is 1. The van der Waals surface area contributed by atoms with Gasteiger partial charge in [-0.2, -0.15) is 0 Å². The Morgan fingerprint density at radius 3 is 2.32 bits per heavy atom. The van der Waals surface area contributed by atoms with Crippen LogP contribution in [0.2, 0.25) is 0 Å². The van der Waals surface area contributed by atoms with E-state index in [0.29, 0.717) is 18.5 Å². The highest BCUT2D eigenvalue weighted by Crippen LogP contribution is 2.28. The first-order chi connectivity index (χ1) is 9.22. The molecule has 0 radical (unpaired) electrons. The maximum atomic E-state index is 12.2. The van der Waals surface area contributed by atoms with Crippen molar-refractivity contribution in [2.75, 3.05) is 39.3 Å². The van der Waals surface area contributed by atoms with Crippen molar-refractivity contribution >= 4 is 5.91 Å². The average molecular weight is 267 g/mol. The molecule has 1 aliphatic heterocycles. The Labute approximate surface area is 117 Å². The van der Waals surface area contributed by atoms with Crippen LogP contribution in [0.5, 0.6) is 0 Å². The van der Waals surface area contributed by atoms with Gasteiger partial charge in [0.2, 0.25) is 5.91 Å². The van der Waals surface area contributed by atoms with Gasteiger partial charge in [0.15, 0.2) is 0 Å². The summed E-state index contributed by atoms with van der Waals surface area (Å²) in [5.41, 5.74) is 0. The molecule has 1 aliphatic carbocycles. The lowest BCUT2D eigenvalue weighted by atomic mass is 10.0. The van der Waals surface area contributed by atoms with Crippen molar-refractivity contribution in [3.05, 3.63) is 0 Å². The van der Waals surface area contributed by atoms with Gasteiger partial charge in [-0.1, -0.05) is 13.8 Å². The van der Waals surface area contributed by atoms with Gasteiger partial charge in [-0.15, -0.1) is 0 Å². The molecule has 2 aliphatic rings. The zero-order valence-electron chi connectivity index (χ0n) is 12.5. The summed E-state index contributed by atoms with van der Waals surface area (Å²) in [6.07, 6.45) is 5.07. The standard InChI is InChI=1S/C15H29N3O/c1-3-17(4-2)12-15(19)18-9-7-14(8-10-18)16-11-13-5-6-13/h13-14,16H,3-12H2,1-2H3. The van der Waals surface area contributed by atoms with Crippen molar-refractivity contribution in [2.24, 2.45) is 5.92 Å². The Morgan fingerprint density at radius 2 is 1.79 bits per heavy atom. The maximum Gasteiger partial charge on any atom is 0.236 e. The first kappa shape index (κ1) is 14.8. The molecule has 1 heterocycles. The van der Waals surface area contributed by atoms with E-state index in [1.807, 2.05) is 4.90 Å². The number of hydrogen-bond acceptors (Lipinski definition) is 3. The van der Waals surface area contributed by atoms with Crippen LogP contribution < -0.4 is 5.32 Å². The van der Waals surface area contributed by atoms with Crippen LogP contribution in [-0.2, 0) is 4.79 Å². The van der Waals surface area contributed by atoms with E-state index in [2.05, 4.69) is 24.1 Å². The zero-order chi connectivity index (χ0) is 13.7. The summed E-state index contributed by atoms with van der Waals surface area (Å²) < 4.78 is 0. The predicted octanol–water partition coefficient (Wildman–Crippen LogP) is 1.32. The van der Waals surface area contributed by atoms with Crippen LogP contribution in [0.3, 0.4) is 0 Å². The minimum absolute atomic E-state index is 0.310. The smallest absolute Gasteiger partial charge is 0.236 e. The number of likely N-dealkylation sites (N-methyl/N-ethyl adjacent to an activating group) is 1. The third-order valence-electron chi connectivity index (χ3n) is 4.49. The Kier molecular flexibility index (Phi) is 5.64. The fourth-order valence-corrected chi connectivity index (χ4v) is 2.73. The number of nitrogens with zero attached hydrogens (tertiary/aromatic N) is 2. The van der Waals surface area contributed by atoms with Crippen molar-refractivity contribution in [3.63, 3.8) is 0 Å². The minimum Gasteiger partial charge on any atom is -0.341 e. The summed E-state index contributed by atoms with van der Waals surface area (Å²) in [6.45, 7) is 9.80. The van der Waals surface area contributed by atoms with E-state index in [1.54, 1.807) is 0 Å². The molecule has 0 aromatic carbocycles. The Morgan fingerprint density at radius 1 is 1.16 bits per heavy atom. The van der Waals surface area contributed by atoms with Gasteiger partial charge in [0.05, 0.1) is 6.54 Å². The molecule has 1 saturated heterocycles. The van der Waals surface area contributed by atoms with Crippen molar-refractivity contribution in [1.82, 2.24) is 15.1 Å². The van der Waals surface area contributed by atoms with Gasteiger partial charge < -0.3 is 10.2 Å². The molecule has 0 bridgehead atoms. The number of hydrogen-bond donors (Lipinski definition) is 1. The molecule has 0 atom stereocenters. The minimum atomic E-state index is 0.310. The van der Waals surface area contributed by atoms with E-state index in [0.717, 1.165) is 44.9 Å². The number of carbonyl (C=O) groups is 1. The molecule has 0 unspecified atom stereocenters. The van der Waals surface area contributed by atoms with Gasteiger partial charge in [0.1, 0.15) is 0 Å². The highest BCUT2D eigenvalue weighted by Gasteiger charge is 2.26. The van der Waals surface area contributed by atoms with Crippen molar-refractivity contribution in [2.45, 2.75) is 45.6 Å². The summed E-state index contributed by atoms with van der Waals surface area (Å²) in [4.78, 5) is 16.4. The molecule has 110 valence electrons. The quantitative estimate of drug-likeness (QED) is 0.755. The third kappa shape index (κ3) is 4.77. The van der Waals surface area contributed by atoms with Crippen molar-refractivity contribution < 1.29 is 4.79 Å². The summed E-state index contributed by atoms with van der Waals surface area (Å²) in [7, 11) is 0. The van der Waals surface area contributed by atoms with Gasteiger partial charge in [-0.25, -0.2) is 0 Å². The van der Waals surface area contributed by atoms with Crippen LogP contribution in [0.25, 0.3) is 0 Å². The number of carbonyl (C=O) groups excluding carboxylic acids is 1. The molecule has 19 heavy (non-hydrogen) atoms. The molecule has 0 aromatic rings. The molecule has 1 amide bonds. The van der Waals surface area contributed by atoms with E-state index in [-0.39, 0.29) is 0 Å². The lowest BCUT2D eigenvalue weighted by Gasteiger charge is -2.33. The molecule has 1 N–H and O–H groups in total. The van der Waals surface area contributed by atoms with E-state index in [4.69, 9.17) is 0 Å². The molecule has 2 fully saturated rings. The Balaban J connectivity index is 1.65. The van der Waals surface area contributed by atoms with Crippen LogP contribution >= 0.6 is 0 Å². The van der Waals surface area contributed by atoms with Crippen LogP contribution in [0, 0.1) is 5.92 Å². The molecule has 2 rings (SSSR count). The largest absolute Gasteiger partial charge is 0.341 e. The molecule has 0 aromatic heterocycles. The predicted molar refractivity (Wildman–Crippen MR) is 78.1 cm³/mol. The molecule has 4 heteroatoms. The second-order valence-corrected chi connectivity index (χ2v) is 5.97. The number of rotatable bonds is 7. The van der Waals surface area contributed by atoms with E-state index < -0.39 is 0 Å². The summed E-state index contributed by atoms with van der Waals surface area (Å²) in [5.74, 6) is 1.26. The maximum absolute atomic E-state index is 12.2. The van der Waals surface area contributed by atoms with Crippen LogP contribution in [0.4, 0.5) is 0 Å². The lowest BCUT2D eigenvalue weighted by molar-refractivity contribution is -0.133. The number of amides is 1. The van der Waals surface area contributed by atoms with E-state index in [1.165, 1.54) is 19.4 Å². The highest BCUT2D eigenvalue weighted by atomic mass is 16.2. The van der Waals surface area contributed by atoms with Crippen LogP contribution in [-0.4, -0.2) is 61.0 Å². The van der Waals surface area contributed by atoms with Crippen molar-refractivity contribution in [1.29, 1.82) is 0 Å². The fourth-order valence-electron chi connectivity index (χ4n) is 2.73. The summed E-state index contributed by atoms with van der Waals surface area (Å²) in [5, 5.41) is 3.66. The van der Waals surface area contributed by atoms with Gasteiger partial charge in [0.25, 0.3) is 0 Å².